The first-order valence-electron chi connectivity index (χ1n) is 10.4. The predicted molar refractivity (Wildman–Crippen MR) is 120 cm³/mol. The van der Waals surface area contributed by atoms with Gasteiger partial charge in [-0.25, -0.2) is 0 Å². The van der Waals surface area contributed by atoms with Crippen LogP contribution in [0.25, 0.3) is 11.0 Å². The fourth-order valence-corrected chi connectivity index (χ4v) is 3.86. The van der Waals surface area contributed by atoms with Crippen LogP contribution < -0.4 is 20.2 Å². The number of fused-ring (bicyclic) bond motifs is 2. The highest BCUT2D eigenvalue weighted by Crippen LogP contribution is 2.36. The molecule has 0 spiro atoms. The van der Waals surface area contributed by atoms with Crippen molar-refractivity contribution in [3.8, 4) is 11.5 Å². The van der Waals surface area contributed by atoms with E-state index in [4.69, 9.17) is 25.5 Å². The number of aryl methyl sites for hydroxylation is 1. The van der Waals surface area contributed by atoms with Gasteiger partial charge in [0.15, 0.2) is 16.9 Å². The summed E-state index contributed by atoms with van der Waals surface area (Å²) in [5, 5.41) is 3.68. The van der Waals surface area contributed by atoms with Crippen molar-refractivity contribution < 1.29 is 18.7 Å². The highest BCUT2D eigenvalue weighted by molar-refractivity contribution is 6.32. The largest absolute Gasteiger partial charge is 0.490 e. The summed E-state index contributed by atoms with van der Waals surface area (Å²) in [6.07, 6.45) is 1.97. The van der Waals surface area contributed by atoms with Gasteiger partial charge < -0.3 is 19.2 Å². The summed E-state index contributed by atoms with van der Waals surface area (Å²) in [6, 6.07) is 8.06. The summed E-state index contributed by atoms with van der Waals surface area (Å²) in [6.45, 7) is 6.86. The Balaban J connectivity index is 1.80. The molecule has 6 nitrogen and oxygen atoms in total. The van der Waals surface area contributed by atoms with Gasteiger partial charge in [-0.05, 0) is 55.7 Å². The number of halogens is 1. The average Bonchev–Trinajstić information content (AvgIpc) is 3.08. The van der Waals surface area contributed by atoms with Crippen LogP contribution in [-0.2, 0) is 0 Å². The van der Waals surface area contributed by atoms with Gasteiger partial charge in [-0.2, -0.15) is 0 Å². The minimum Gasteiger partial charge on any atom is -0.490 e. The smallest absolute Gasteiger partial charge is 0.288 e. The van der Waals surface area contributed by atoms with Crippen molar-refractivity contribution in [2.24, 2.45) is 0 Å². The number of benzene rings is 2. The maximum Gasteiger partial charge on any atom is 0.288 e. The maximum absolute atomic E-state index is 13.3. The topological polar surface area (TPSA) is 77.8 Å². The quantitative estimate of drug-likeness (QED) is 0.512. The predicted octanol–water partition coefficient (Wildman–Crippen LogP) is 5.17. The number of unbranched alkanes of at least 4 members (excludes halogenated alkanes) is 1. The highest BCUT2D eigenvalue weighted by atomic mass is 35.5. The van der Waals surface area contributed by atoms with Crippen LogP contribution in [0.2, 0.25) is 5.02 Å². The van der Waals surface area contributed by atoms with Crippen molar-refractivity contribution in [2.75, 3.05) is 13.2 Å². The Morgan fingerprint density at radius 3 is 2.65 bits per heavy atom. The molecule has 0 saturated carbocycles. The van der Waals surface area contributed by atoms with Crippen molar-refractivity contribution >= 4 is 28.5 Å². The van der Waals surface area contributed by atoms with E-state index in [1.807, 2.05) is 26.0 Å². The Morgan fingerprint density at radius 2 is 1.90 bits per heavy atom. The average molecular weight is 442 g/mol. The first-order chi connectivity index (χ1) is 14.9. The van der Waals surface area contributed by atoms with Gasteiger partial charge in [0.1, 0.15) is 5.58 Å². The molecule has 1 N–H and O–H groups in total. The van der Waals surface area contributed by atoms with Gasteiger partial charge in [0.25, 0.3) is 5.91 Å². The highest BCUT2D eigenvalue weighted by Gasteiger charge is 2.36. The lowest BCUT2D eigenvalue weighted by Crippen LogP contribution is -2.22. The van der Waals surface area contributed by atoms with Gasteiger partial charge in [0, 0.05) is 5.02 Å². The number of carbonyl (C=O) groups is 1. The van der Waals surface area contributed by atoms with Crippen molar-refractivity contribution in [1.82, 2.24) is 5.32 Å². The zero-order valence-corrected chi connectivity index (χ0v) is 18.5. The van der Waals surface area contributed by atoms with E-state index >= 15 is 0 Å². The molecular formula is C24H24ClNO5. The van der Waals surface area contributed by atoms with Crippen LogP contribution in [0.5, 0.6) is 11.5 Å². The van der Waals surface area contributed by atoms with Crippen LogP contribution >= 0.6 is 11.6 Å². The summed E-state index contributed by atoms with van der Waals surface area (Å²) in [5.41, 5.74) is 1.83. The molecule has 0 aliphatic carbocycles. The fourth-order valence-electron chi connectivity index (χ4n) is 3.70. The Morgan fingerprint density at radius 1 is 1.10 bits per heavy atom. The molecule has 0 bridgehead atoms. The van der Waals surface area contributed by atoms with Gasteiger partial charge in [-0.3, -0.25) is 9.59 Å². The lowest BCUT2D eigenvalue weighted by molar-refractivity contribution is 0.0938. The SMILES string of the molecule is CCCCOc1ccc(C2NC(=O)c3oc4cc(C)c(Cl)cc4c(=O)c32)cc1OCC. The summed E-state index contributed by atoms with van der Waals surface area (Å²) >= 11 is 6.22. The second-order valence-corrected chi connectivity index (χ2v) is 7.93. The van der Waals surface area contributed by atoms with Gasteiger partial charge in [-0.15, -0.1) is 0 Å². The normalized spacial score (nSPS) is 15.1. The number of rotatable bonds is 7. The second kappa shape index (κ2) is 8.63. The minimum absolute atomic E-state index is 0.0328. The standard InChI is InChI=1S/C24H24ClNO5/c1-4-6-9-30-17-8-7-14(11-19(17)29-5-2)21-20-22(27)15-12-16(25)13(3)10-18(15)31-23(20)24(28)26-21/h7-8,10-12,21H,4-6,9H2,1-3H3,(H,26,28). The van der Waals surface area contributed by atoms with E-state index < -0.39 is 11.9 Å². The number of ether oxygens (including phenoxy) is 2. The molecule has 1 aromatic heterocycles. The molecule has 162 valence electrons. The third-order valence-electron chi connectivity index (χ3n) is 5.33. The third kappa shape index (κ3) is 3.88. The summed E-state index contributed by atoms with van der Waals surface area (Å²) in [5.74, 6) is 0.817. The summed E-state index contributed by atoms with van der Waals surface area (Å²) < 4.78 is 17.4. The molecule has 7 heteroatoms. The Kier molecular flexibility index (Phi) is 5.92. The van der Waals surface area contributed by atoms with Crippen LogP contribution in [0.3, 0.4) is 0 Å². The van der Waals surface area contributed by atoms with E-state index in [-0.39, 0.29) is 16.8 Å². The van der Waals surface area contributed by atoms with Crippen LogP contribution in [0, 0.1) is 6.92 Å². The summed E-state index contributed by atoms with van der Waals surface area (Å²) in [4.78, 5) is 25.9. The third-order valence-corrected chi connectivity index (χ3v) is 5.74. The lowest BCUT2D eigenvalue weighted by Gasteiger charge is -2.16. The molecule has 1 aliphatic heterocycles. The Labute approximate surface area is 185 Å². The van der Waals surface area contributed by atoms with Gasteiger partial charge in [0.05, 0.1) is 30.2 Å². The Bertz CT molecular complexity index is 1220. The molecule has 2 aromatic carbocycles. The molecule has 2 heterocycles. The molecular weight excluding hydrogens is 418 g/mol. The van der Waals surface area contributed by atoms with Crippen molar-refractivity contribution in [3.63, 3.8) is 0 Å². The molecule has 0 saturated heterocycles. The monoisotopic (exact) mass is 441 g/mol. The first-order valence-corrected chi connectivity index (χ1v) is 10.8. The Hall–Kier alpha value is -2.99. The molecule has 1 unspecified atom stereocenters. The molecule has 31 heavy (non-hydrogen) atoms. The van der Waals surface area contributed by atoms with E-state index in [0.29, 0.717) is 46.3 Å². The second-order valence-electron chi connectivity index (χ2n) is 7.52. The van der Waals surface area contributed by atoms with E-state index in [9.17, 15) is 9.59 Å². The number of nitrogens with one attached hydrogen (secondary N) is 1. The van der Waals surface area contributed by atoms with Crippen LogP contribution in [-0.4, -0.2) is 19.1 Å². The van der Waals surface area contributed by atoms with Crippen molar-refractivity contribution in [3.05, 3.63) is 68.0 Å². The number of hydrogen-bond acceptors (Lipinski definition) is 5. The van der Waals surface area contributed by atoms with Crippen LogP contribution in [0.1, 0.15) is 60.0 Å². The minimum atomic E-state index is -0.646. The molecule has 0 fully saturated rings. The maximum atomic E-state index is 13.3. The summed E-state index contributed by atoms with van der Waals surface area (Å²) in [7, 11) is 0. The zero-order chi connectivity index (χ0) is 22.1. The molecule has 1 atom stereocenters. The van der Waals surface area contributed by atoms with E-state index in [0.717, 1.165) is 18.4 Å². The lowest BCUT2D eigenvalue weighted by atomic mass is 9.98. The zero-order valence-electron chi connectivity index (χ0n) is 17.7. The van der Waals surface area contributed by atoms with Crippen LogP contribution in [0.4, 0.5) is 0 Å². The van der Waals surface area contributed by atoms with E-state index in [1.54, 1.807) is 18.2 Å². The van der Waals surface area contributed by atoms with E-state index in [1.165, 1.54) is 0 Å². The van der Waals surface area contributed by atoms with Gasteiger partial charge in [0.2, 0.25) is 5.76 Å². The van der Waals surface area contributed by atoms with Gasteiger partial charge in [-0.1, -0.05) is 31.0 Å². The molecule has 4 rings (SSSR count). The molecule has 1 amide bonds. The fraction of sp³-hybridized carbons (Fsp3) is 0.333. The van der Waals surface area contributed by atoms with Crippen LogP contribution in [0.15, 0.2) is 39.5 Å². The number of hydrogen-bond donors (Lipinski definition) is 1. The molecule has 0 radical (unpaired) electrons. The van der Waals surface area contributed by atoms with Crippen molar-refractivity contribution in [2.45, 2.75) is 39.7 Å². The molecule has 1 aliphatic rings. The van der Waals surface area contributed by atoms with Gasteiger partial charge >= 0.3 is 0 Å². The molecule has 3 aromatic rings. The van der Waals surface area contributed by atoms with E-state index in [2.05, 4.69) is 12.2 Å². The number of carbonyl (C=O) groups excluding carboxylic acids is 1. The first kappa shape index (κ1) is 21.2. The van der Waals surface area contributed by atoms with Crippen molar-refractivity contribution in [1.29, 1.82) is 0 Å². The number of amides is 1.